The van der Waals surface area contributed by atoms with Crippen molar-refractivity contribution in [1.29, 1.82) is 0 Å². The number of benzene rings is 3. The van der Waals surface area contributed by atoms with E-state index in [1.807, 2.05) is 18.2 Å². The molecular formula is C31H27FN2O4. The van der Waals surface area contributed by atoms with Gasteiger partial charge in [-0.2, -0.15) is 0 Å². The number of nitrogens with zero attached hydrogens (tertiary/aromatic N) is 2. The van der Waals surface area contributed by atoms with Gasteiger partial charge in [-0.3, -0.25) is 4.79 Å². The minimum absolute atomic E-state index is 0.0239. The minimum Gasteiger partial charge on any atom is -0.492 e. The predicted octanol–water partition coefficient (Wildman–Crippen LogP) is 6.58. The molecule has 0 fully saturated rings. The molecule has 6 rings (SSSR count). The molecule has 6 nitrogen and oxygen atoms in total. The number of hydrogen-bond donors (Lipinski definition) is 1. The molecule has 1 N–H and O–H groups in total. The first-order chi connectivity index (χ1) is 18.4. The summed E-state index contributed by atoms with van der Waals surface area (Å²) in [5.41, 5.74) is 8.82. The van der Waals surface area contributed by atoms with E-state index >= 15 is 4.39 Å². The molecule has 0 spiro atoms. The van der Waals surface area contributed by atoms with Gasteiger partial charge in [-0.15, -0.1) is 0 Å². The zero-order valence-electron chi connectivity index (χ0n) is 21.2. The molecule has 0 saturated carbocycles. The van der Waals surface area contributed by atoms with Gasteiger partial charge in [0.05, 0.1) is 13.0 Å². The lowest BCUT2D eigenvalue weighted by Crippen LogP contribution is -2.07. The third-order valence-corrected chi connectivity index (χ3v) is 7.54. The summed E-state index contributed by atoms with van der Waals surface area (Å²) in [7, 11) is 0. The normalized spacial score (nSPS) is 17.6. The average molecular weight is 511 g/mol. The van der Waals surface area contributed by atoms with Crippen LogP contribution in [-0.4, -0.2) is 27.7 Å². The van der Waals surface area contributed by atoms with Crippen molar-refractivity contribution in [1.82, 2.24) is 9.97 Å². The second-order valence-electron chi connectivity index (χ2n) is 10.0. The highest BCUT2D eigenvalue weighted by Crippen LogP contribution is 2.45. The van der Waals surface area contributed by atoms with E-state index in [4.69, 9.17) is 14.6 Å². The number of carboxylic acids is 1. The topological polar surface area (TPSA) is 81.5 Å². The van der Waals surface area contributed by atoms with Gasteiger partial charge in [0.2, 0.25) is 0 Å². The van der Waals surface area contributed by atoms with Gasteiger partial charge in [-0.25, -0.2) is 14.4 Å². The number of aliphatic carboxylic acids is 1. The van der Waals surface area contributed by atoms with E-state index in [9.17, 15) is 4.79 Å². The molecule has 0 radical (unpaired) electrons. The molecule has 0 amide bonds. The number of carboxylic acid groups (broad SMARTS) is 1. The molecule has 0 saturated heterocycles. The van der Waals surface area contributed by atoms with Gasteiger partial charge < -0.3 is 14.6 Å². The summed E-state index contributed by atoms with van der Waals surface area (Å²) in [5, 5.41) is 9.15. The molecule has 2 unspecified atom stereocenters. The summed E-state index contributed by atoms with van der Waals surface area (Å²) in [4.78, 5) is 19.4. The van der Waals surface area contributed by atoms with Crippen molar-refractivity contribution in [3.8, 4) is 33.8 Å². The van der Waals surface area contributed by atoms with E-state index in [2.05, 4.69) is 35.9 Å². The first kappa shape index (κ1) is 24.1. The SMILES string of the molecule is Cc1cc(-c2cncnc2)cc(C)c1-c1ccc(F)c2c1CCC2Oc1ccc2c(c1)OCC2CC(=O)O. The minimum atomic E-state index is -0.852. The van der Waals surface area contributed by atoms with Gasteiger partial charge in [-0.05, 0) is 72.2 Å². The van der Waals surface area contributed by atoms with Crippen molar-refractivity contribution in [2.45, 2.75) is 45.1 Å². The van der Waals surface area contributed by atoms with E-state index in [-0.39, 0.29) is 18.2 Å². The molecule has 1 aliphatic carbocycles. The molecule has 0 bridgehead atoms. The number of rotatable bonds is 6. The van der Waals surface area contributed by atoms with Crippen LogP contribution in [0.25, 0.3) is 22.3 Å². The van der Waals surface area contributed by atoms with Crippen LogP contribution in [0, 0.1) is 19.7 Å². The highest BCUT2D eigenvalue weighted by Gasteiger charge is 2.32. The second-order valence-corrected chi connectivity index (χ2v) is 10.0. The molecule has 2 heterocycles. The first-order valence-electron chi connectivity index (χ1n) is 12.7. The van der Waals surface area contributed by atoms with Crippen molar-refractivity contribution >= 4 is 5.97 Å². The molecule has 38 heavy (non-hydrogen) atoms. The third-order valence-electron chi connectivity index (χ3n) is 7.54. The van der Waals surface area contributed by atoms with Gasteiger partial charge in [0, 0.05) is 41.1 Å². The third kappa shape index (κ3) is 4.28. The lowest BCUT2D eigenvalue weighted by Gasteiger charge is -2.19. The summed E-state index contributed by atoms with van der Waals surface area (Å²) < 4.78 is 27.3. The zero-order chi connectivity index (χ0) is 26.4. The lowest BCUT2D eigenvalue weighted by molar-refractivity contribution is -0.137. The van der Waals surface area contributed by atoms with Crippen LogP contribution in [0.15, 0.2) is 61.2 Å². The molecule has 7 heteroatoms. The quantitative estimate of drug-likeness (QED) is 0.315. The van der Waals surface area contributed by atoms with E-state index < -0.39 is 12.1 Å². The maximum absolute atomic E-state index is 15.2. The monoisotopic (exact) mass is 510 g/mol. The Bertz CT molecular complexity index is 1530. The number of aromatic nitrogens is 2. The molecule has 1 aromatic heterocycles. The van der Waals surface area contributed by atoms with Crippen LogP contribution in [0.2, 0.25) is 0 Å². The van der Waals surface area contributed by atoms with Crippen LogP contribution >= 0.6 is 0 Å². The fraction of sp³-hybridized carbons (Fsp3) is 0.258. The van der Waals surface area contributed by atoms with Crippen molar-refractivity contribution in [2.24, 2.45) is 0 Å². The summed E-state index contributed by atoms with van der Waals surface area (Å²) in [5.74, 6) is -0.0649. The Labute approximate surface area is 220 Å². The Morgan fingerprint density at radius 1 is 1.08 bits per heavy atom. The van der Waals surface area contributed by atoms with Gasteiger partial charge in [0.25, 0.3) is 0 Å². The number of halogens is 1. The zero-order valence-corrected chi connectivity index (χ0v) is 21.2. The molecule has 2 atom stereocenters. The maximum atomic E-state index is 15.2. The van der Waals surface area contributed by atoms with Crippen molar-refractivity contribution in [3.05, 3.63) is 94.8 Å². The molecule has 192 valence electrons. The van der Waals surface area contributed by atoms with Crippen LogP contribution in [0.3, 0.4) is 0 Å². The number of carbonyl (C=O) groups is 1. The van der Waals surface area contributed by atoms with E-state index in [1.54, 1.807) is 18.5 Å². The van der Waals surface area contributed by atoms with Gasteiger partial charge in [-0.1, -0.05) is 24.3 Å². The van der Waals surface area contributed by atoms with Gasteiger partial charge in [0.15, 0.2) is 0 Å². The van der Waals surface area contributed by atoms with E-state index in [0.29, 0.717) is 36.5 Å². The van der Waals surface area contributed by atoms with Crippen LogP contribution in [-0.2, 0) is 11.2 Å². The molecular weight excluding hydrogens is 483 g/mol. The number of aryl methyl sites for hydroxylation is 2. The van der Waals surface area contributed by atoms with Crippen molar-refractivity contribution in [3.63, 3.8) is 0 Å². The highest BCUT2D eigenvalue weighted by atomic mass is 19.1. The van der Waals surface area contributed by atoms with E-state index in [0.717, 1.165) is 44.5 Å². The Hall–Kier alpha value is -4.26. The molecule has 2 aliphatic rings. The number of hydrogen-bond acceptors (Lipinski definition) is 5. The Morgan fingerprint density at radius 2 is 1.84 bits per heavy atom. The van der Waals surface area contributed by atoms with E-state index in [1.165, 1.54) is 12.4 Å². The fourth-order valence-electron chi connectivity index (χ4n) is 5.90. The molecule has 3 aromatic carbocycles. The van der Waals surface area contributed by atoms with Crippen LogP contribution < -0.4 is 9.47 Å². The Morgan fingerprint density at radius 3 is 2.58 bits per heavy atom. The second kappa shape index (κ2) is 9.56. The van der Waals surface area contributed by atoms with Crippen LogP contribution in [0.5, 0.6) is 11.5 Å². The summed E-state index contributed by atoms with van der Waals surface area (Å²) in [6.45, 7) is 4.50. The van der Waals surface area contributed by atoms with Gasteiger partial charge >= 0.3 is 5.97 Å². The van der Waals surface area contributed by atoms with Crippen LogP contribution in [0.1, 0.15) is 52.7 Å². The predicted molar refractivity (Wildman–Crippen MR) is 141 cm³/mol. The first-order valence-corrected chi connectivity index (χ1v) is 12.7. The van der Waals surface area contributed by atoms with Crippen LogP contribution in [0.4, 0.5) is 4.39 Å². The summed E-state index contributed by atoms with van der Waals surface area (Å²) >= 11 is 0. The van der Waals surface area contributed by atoms with Gasteiger partial charge in [0.1, 0.15) is 29.7 Å². The Balaban J connectivity index is 1.31. The average Bonchev–Trinajstić information content (AvgIpc) is 3.50. The van der Waals surface area contributed by atoms with Crippen molar-refractivity contribution in [2.75, 3.05) is 6.61 Å². The lowest BCUT2D eigenvalue weighted by atomic mass is 9.88. The number of fused-ring (bicyclic) bond motifs is 2. The summed E-state index contributed by atoms with van der Waals surface area (Å²) in [6.07, 6.45) is 6.10. The summed E-state index contributed by atoms with van der Waals surface area (Å²) in [6, 6.07) is 13.1. The number of ether oxygens (including phenoxy) is 2. The molecule has 1 aliphatic heterocycles. The Kier molecular flexibility index (Phi) is 6.06. The fourth-order valence-corrected chi connectivity index (χ4v) is 5.90. The smallest absolute Gasteiger partial charge is 0.304 e. The standard InChI is InChI=1S/C31H27FN2O4/c1-17-9-19(21-13-33-16-34-14-21)10-18(2)30(17)24-5-7-26(32)31-25(24)6-8-27(31)38-22-3-4-23-20(11-29(35)36)15-37-28(23)12-22/h3-5,7,9-10,12-14,16,20,27H,6,8,11,15H2,1-2H3,(H,35,36). The maximum Gasteiger partial charge on any atom is 0.304 e. The largest absolute Gasteiger partial charge is 0.492 e. The molecule has 4 aromatic rings. The van der Waals surface area contributed by atoms with Crippen molar-refractivity contribution < 1.29 is 23.8 Å². The highest BCUT2D eigenvalue weighted by molar-refractivity contribution is 5.79.